The largest absolute Gasteiger partial charge is 0.292 e. The third kappa shape index (κ3) is 4.22. The third-order valence-electron chi connectivity index (χ3n) is 4.64. The van der Waals surface area contributed by atoms with Gasteiger partial charge in [-0.1, -0.05) is 66.7 Å². The van der Waals surface area contributed by atoms with Crippen molar-refractivity contribution in [1.82, 2.24) is 9.55 Å². The maximum atomic E-state index is 13.2. The van der Waals surface area contributed by atoms with Crippen LogP contribution >= 0.6 is 22.6 Å². The number of rotatable bonds is 5. The smallest absolute Gasteiger partial charge is 0.261 e. The highest BCUT2D eigenvalue weighted by Gasteiger charge is 2.10. The molecule has 0 N–H and O–H groups in total. The number of aromatic nitrogens is 2. The summed E-state index contributed by atoms with van der Waals surface area (Å²) in [6.07, 6.45) is 4.71. The normalized spacial score (nSPS) is 11.3. The molecule has 4 heteroatoms. The maximum absolute atomic E-state index is 13.2. The summed E-state index contributed by atoms with van der Waals surface area (Å²) in [7, 11) is 0. The fourth-order valence-corrected chi connectivity index (χ4v) is 3.67. The van der Waals surface area contributed by atoms with Crippen molar-refractivity contribution in [1.29, 1.82) is 0 Å². The molecular weight excluding hydrogens is 459 g/mol. The van der Waals surface area contributed by atoms with Gasteiger partial charge >= 0.3 is 0 Å². The highest BCUT2D eigenvalue weighted by Crippen LogP contribution is 2.15. The molecule has 0 aliphatic rings. The fraction of sp³-hybridized carbons (Fsp3) is 0.0833. The molecule has 4 rings (SSSR count). The van der Waals surface area contributed by atoms with Crippen LogP contribution < -0.4 is 5.56 Å². The summed E-state index contributed by atoms with van der Waals surface area (Å²) < 4.78 is 2.82. The summed E-state index contributed by atoms with van der Waals surface area (Å²) in [5.41, 5.74) is 3.02. The summed E-state index contributed by atoms with van der Waals surface area (Å²) >= 11 is 2.23. The Bertz CT molecular complexity index is 1180. The number of fused-ring (bicyclic) bond motifs is 1. The van der Waals surface area contributed by atoms with Gasteiger partial charge in [-0.15, -0.1) is 0 Å². The van der Waals surface area contributed by atoms with Crippen LogP contribution in [0.25, 0.3) is 23.1 Å². The molecule has 3 aromatic carbocycles. The summed E-state index contributed by atoms with van der Waals surface area (Å²) in [5, 5.41) is 0.664. The molecule has 0 saturated carbocycles. The number of hydrogen-bond acceptors (Lipinski definition) is 2. The first-order valence-electron chi connectivity index (χ1n) is 9.18. The van der Waals surface area contributed by atoms with Gasteiger partial charge in [0.05, 0.1) is 10.9 Å². The van der Waals surface area contributed by atoms with Gasteiger partial charge in [0, 0.05) is 10.1 Å². The first-order valence-corrected chi connectivity index (χ1v) is 10.3. The Balaban J connectivity index is 1.78. The zero-order valence-electron chi connectivity index (χ0n) is 15.3. The quantitative estimate of drug-likeness (QED) is 0.360. The molecule has 0 saturated heterocycles. The molecule has 0 amide bonds. The number of halogens is 1. The molecular formula is C24H19IN2O. The zero-order valence-corrected chi connectivity index (χ0v) is 17.4. The molecule has 28 heavy (non-hydrogen) atoms. The lowest BCUT2D eigenvalue weighted by Gasteiger charge is -2.12. The average Bonchev–Trinajstić information content (AvgIpc) is 2.74. The van der Waals surface area contributed by atoms with Gasteiger partial charge in [0.2, 0.25) is 0 Å². The molecule has 0 aliphatic heterocycles. The minimum atomic E-state index is 0.00663. The molecule has 0 bridgehead atoms. The predicted octanol–water partition coefficient (Wildman–Crippen LogP) is 5.41. The van der Waals surface area contributed by atoms with Gasteiger partial charge in [-0.25, -0.2) is 4.98 Å². The van der Waals surface area contributed by atoms with Gasteiger partial charge < -0.3 is 0 Å². The van der Waals surface area contributed by atoms with E-state index in [0.717, 1.165) is 21.1 Å². The van der Waals surface area contributed by atoms with Crippen molar-refractivity contribution in [3.05, 3.63) is 110 Å². The van der Waals surface area contributed by atoms with Crippen LogP contribution in [-0.4, -0.2) is 9.55 Å². The monoisotopic (exact) mass is 478 g/mol. The van der Waals surface area contributed by atoms with Crippen molar-refractivity contribution in [2.45, 2.75) is 13.0 Å². The molecule has 4 aromatic rings. The van der Waals surface area contributed by atoms with E-state index in [4.69, 9.17) is 4.98 Å². The summed E-state index contributed by atoms with van der Waals surface area (Å²) in [4.78, 5) is 18.0. The van der Waals surface area contributed by atoms with E-state index in [-0.39, 0.29) is 5.56 Å². The van der Waals surface area contributed by atoms with E-state index in [0.29, 0.717) is 17.8 Å². The minimum Gasteiger partial charge on any atom is -0.292 e. The minimum absolute atomic E-state index is 0.00663. The molecule has 138 valence electrons. The Morgan fingerprint density at radius 2 is 1.61 bits per heavy atom. The fourth-order valence-electron chi connectivity index (χ4n) is 3.17. The molecule has 0 unspecified atom stereocenters. The van der Waals surface area contributed by atoms with Crippen molar-refractivity contribution in [2.24, 2.45) is 0 Å². The molecule has 1 heterocycles. The van der Waals surface area contributed by atoms with E-state index in [1.807, 2.05) is 78.9 Å². The van der Waals surface area contributed by atoms with Crippen LogP contribution in [0.3, 0.4) is 0 Å². The standard InChI is InChI=1S/C24H19IN2O/c25-20-12-13-22-21(17-20)24(28)27(16-15-19-9-5-2-6-10-19)23(26-22)14-11-18-7-3-1-4-8-18/h1-14,17H,15-16H2/b14-11+. The highest BCUT2D eigenvalue weighted by atomic mass is 127. The van der Waals surface area contributed by atoms with E-state index in [2.05, 4.69) is 34.7 Å². The average molecular weight is 478 g/mol. The third-order valence-corrected chi connectivity index (χ3v) is 5.31. The van der Waals surface area contributed by atoms with Crippen LogP contribution in [0.15, 0.2) is 83.7 Å². The van der Waals surface area contributed by atoms with Crippen molar-refractivity contribution in [3.63, 3.8) is 0 Å². The molecule has 0 radical (unpaired) electrons. The molecule has 3 nitrogen and oxygen atoms in total. The molecule has 0 fully saturated rings. The Hall–Kier alpha value is -2.73. The van der Waals surface area contributed by atoms with Crippen molar-refractivity contribution in [2.75, 3.05) is 0 Å². The van der Waals surface area contributed by atoms with E-state index in [9.17, 15) is 4.79 Å². The first kappa shape index (κ1) is 18.6. The summed E-state index contributed by atoms with van der Waals surface area (Å²) in [6.45, 7) is 0.589. The Morgan fingerprint density at radius 3 is 2.36 bits per heavy atom. The second-order valence-electron chi connectivity index (χ2n) is 6.57. The van der Waals surface area contributed by atoms with Gasteiger partial charge in [0.25, 0.3) is 5.56 Å². The Kier molecular flexibility index (Phi) is 5.67. The molecule has 0 aliphatic carbocycles. The lowest BCUT2D eigenvalue weighted by atomic mass is 10.1. The summed E-state index contributed by atoms with van der Waals surface area (Å²) in [6, 6.07) is 26.1. The topological polar surface area (TPSA) is 34.9 Å². The lowest BCUT2D eigenvalue weighted by molar-refractivity contribution is 0.655. The number of hydrogen-bond donors (Lipinski definition) is 0. The van der Waals surface area contributed by atoms with Crippen LogP contribution in [0.5, 0.6) is 0 Å². The van der Waals surface area contributed by atoms with Gasteiger partial charge in [-0.2, -0.15) is 0 Å². The number of nitrogens with zero attached hydrogens (tertiary/aromatic N) is 2. The highest BCUT2D eigenvalue weighted by molar-refractivity contribution is 14.1. The summed E-state index contributed by atoms with van der Waals surface area (Å²) in [5.74, 6) is 0.679. The van der Waals surface area contributed by atoms with Crippen molar-refractivity contribution >= 4 is 45.6 Å². The maximum Gasteiger partial charge on any atom is 0.261 e. The van der Waals surface area contributed by atoms with Gasteiger partial charge in [-0.05, 0) is 64.4 Å². The van der Waals surface area contributed by atoms with Gasteiger partial charge in [0.15, 0.2) is 0 Å². The van der Waals surface area contributed by atoms with Gasteiger partial charge in [0.1, 0.15) is 5.82 Å². The predicted molar refractivity (Wildman–Crippen MR) is 124 cm³/mol. The van der Waals surface area contributed by atoms with E-state index in [1.54, 1.807) is 4.57 Å². The van der Waals surface area contributed by atoms with Crippen LogP contribution in [0.1, 0.15) is 17.0 Å². The van der Waals surface area contributed by atoms with Crippen LogP contribution in [0.4, 0.5) is 0 Å². The number of aryl methyl sites for hydroxylation is 1. The second-order valence-corrected chi connectivity index (χ2v) is 7.81. The lowest BCUT2D eigenvalue weighted by Crippen LogP contribution is -2.25. The Morgan fingerprint density at radius 1 is 0.893 bits per heavy atom. The van der Waals surface area contributed by atoms with Gasteiger partial charge in [-0.3, -0.25) is 9.36 Å². The molecule has 1 aromatic heterocycles. The zero-order chi connectivity index (χ0) is 19.3. The van der Waals surface area contributed by atoms with E-state index >= 15 is 0 Å². The van der Waals surface area contributed by atoms with Crippen LogP contribution in [0, 0.1) is 3.57 Å². The van der Waals surface area contributed by atoms with E-state index < -0.39 is 0 Å². The second kappa shape index (κ2) is 8.52. The molecule has 0 atom stereocenters. The van der Waals surface area contributed by atoms with Crippen molar-refractivity contribution < 1.29 is 0 Å². The van der Waals surface area contributed by atoms with Crippen LogP contribution in [0.2, 0.25) is 0 Å². The SMILES string of the molecule is O=c1c2cc(I)ccc2nc(/C=C/c2ccccc2)n1CCc1ccccc1. The first-order chi connectivity index (χ1) is 13.7. The van der Waals surface area contributed by atoms with Crippen molar-refractivity contribution in [3.8, 4) is 0 Å². The molecule has 0 spiro atoms. The van der Waals surface area contributed by atoms with E-state index in [1.165, 1.54) is 5.56 Å². The number of benzene rings is 3. The van der Waals surface area contributed by atoms with Crippen LogP contribution in [-0.2, 0) is 13.0 Å². The Labute approximate surface area is 177 Å².